The van der Waals surface area contributed by atoms with Crippen molar-refractivity contribution in [1.82, 2.24) is 0 Å². The van der Waals surface area contributed by atoms with Gasteiger partial charge in [0.15, 0.2) is 0 Å². The second kappa shape index (κ2) is 10.9. The summed E-state index contributed by atoms with van der Waals surface area (Å²) in [5.41, 5.74) is 10.3. The van der Waals surface area contributed by atoms with Gasteiger partial charge in [0.1, 0.15) is 0 Å². The minimum absolute atomic E-state index is 0. The Morgan fingerprint density at radius 3 is 2.08 bits per heavy atom. The van der Waals surface area contributed by atoms with Crippen LogP contribution in [0.4, 0.5) is 0 Å². The van der Waals surface area contributed by atoms with Crippen molar-refractivity contribution in [2.75, 3.05) is 0 Å². The Bertz CT molecular complexity index is 1170. The molecule has 37 heavy (non-hydrogen) atoms. The van der Waals surface area contributed by atoms with Crippen molar-refractivity contribution in [3.8, 4) is 0 Å². The minimum Gasteiger partial charge on any atom is -1.00 e. The Morgan fingerprint density at radius 2 is 1.49 bits per heavy atom. The summed E-state index contributed by atoms with van der Waals surface area (Å²) < 4.78 is 0. The topological polar surface area (TPSA) is 0 Å². The van der Waals surface area contributed by atoms with Gasteiger partial charge in [-0.15, -0.1) is 6.92 Å². The van der Waals surface area contributed by atoms with Gasteiger partial charge in [-0.25, -0.2) is 18.1 Å². The zero-order valence-corrected chi connectivity index (χ0v) is 28.9. The smallest absolute Gasteiger partial charge is 1.00 e. The molecule has 0 saturated heterocycles. The zero-order chi connectivity index (χ0) is 24.5. The van der Waals surface area contributed by atoms with E-state index in [4.69, 9.17) is 0 Å². The van der Waals surface area contributed by atoms with Crippen molar-refractivity contribution in [2.45, 2.75) is 74.7 Å². The monoisotopic (exact) mass is 700 g/mol. The SMILES string of the molecule is C[C-]1C2=C3Cc4ccccc4C3=C3C=CCCC3C2(C)C(C)(C)C(C)(C)C1(C)C.[Cl-].[Cl-].[Hf+4].c1cc[cH-]c1. The van der Waals surface area contributed by atoms with Crippen molar-refractivity contribution < 1.29 is 50.7 Å². The van der Waals surface area contributed by atoms with E-state index in [1.165, 1.54) is 24.0 Å². The average molecular weight is 700 g/mol. The van der Waals surface area contributed by atoms with E-state index in [2.05, 4.69) is 91.8 Å². The van der Waals surface area contributed by atoms with Gasteiger partial charge in [0.05, 0.1) is 0 Å². The maximum Gasteiger partial charge on any atom is 4.00 e. The molecule has 0 aliphatic heterocycles. The van der Waals surface area contributed by atoms with E-state index >= 15 is 0 Å². The first-order valence-electron chi connectivity index (χ1n) is 13.2. The van der Waals surface area contributed by atoms with E-state index in [0.29, 0.717) is 5.92 Å². The van der Waals surface area contributed by atoms with Gasteiger partial charge in [-0.05, 0) is 40.6 Å². The van der Waals surface area contributed by atoms with Crippen LogP contribution in [0, 0.1) is 33.5 Å². The fourth-order valence-corrected chi connectivity index (χ4v) is 7.89. The molecule has 0 N–H and O–H groups in total. The summed E-state index contributed by atoms with van der Waals surface area (Å²) in [7, 11) is 0. The predicted octanol–water partition coefficient (Wildman–Crippen LogP) is 3.38. The molecule has 4 aliphatic carbocycles. The molecule has 3 heteroatoms. The first-order valence-corrected chi connectivity index (χ1v) is 13.2. The maximum absolute atomic E-state index is 2.62. The molecule has 0 spiro atoms. The summed E-state index contributed by atoms with van der Waals surface area (Å²) in [6.45, 7) is 20.3. The first-order chi connectivity index (χ1) is 16.0. The van der Waals surface area contributed by atoms with Crippen LogP contribution in [0.1, 0.15) is 79.4 Å². The third-order valence-corrected chi connectivity index (χ3v) is 11.3. The quantitative estimate of drug-likeness (QED) is 0.293. The van der Waals surface area contributed by atoms with Crippen LogP contribution in [0.5, 0.6) is 0 Å². The van der Waals surface area contributed by atoms with Gasteiger partial charge in [-0.1, -0.05) is 113 Å². The van der Waals surface area contributed by atoms with Gasteiger partial charge in [-0.3, -0.25) is 0 Å². The molecule has 1 fully saturated rings. The Labute approximate surface area is 257 Å². The summed E-state index contributed by atoms with van der Waals surface area (Å²) >= 11 is 0. The van der Waals surface area contributed by atoms with Gasteiger partial charge in [0.2, 0.25) is 0 Å². The van der Waals surface area contributed by atoms with Crippen LogP contribution in [-0.4, -0.2) is 0 Å². The Hall–Kier alpha value is -0.890. The first kappa shape index (κ1) is 32.3. The summed E-state index contributed by atoms with van der Waals surface area (Å²) in [6.07, 6.45) is 8.50. The van der Waals surface area contributed by atoms with Crippen molar-refractivity contribution in [3.05, 3.63) is 101 Å². The fourth-order valence-electron chi connectivity index (χ4n) is 7.89. The van der Waals surface area contributed by atoms with Crippen LogP contribution < -0.4 is 24.8 Å². The fraction of sp³-hybridized carbons (Fsp3) is 0.471. The van der Waals surface area contributed by atoms with Crippen molar-refractivity contribution >= 4 is 5.57 Å². The van der Waals surface area contributed by atoms with Gasteiger partial charge < -0.3 is 24.8 Å². The van der Waals surface area contributed by atoms with Crippen LogP contribution in [0.3, 0.4) is 0 Å². The number of fused-ring (bicyclic) bond motifs is 6. The number of hydrogen-bond acceptors (Lipinski definition) is 0. The minimum atomic E-state index is 0. The molecule has 0 amide bonds. The molecule has 2 aromatic carbocycles. The number of allylic oxidation sites excluding steroid dienone is 6. The number of rotatable bonds is 0. The molecular weight excluding hydrogens is 658 g/mol. The molecule has 1 saturated carbocycles. The number of benzene rings is 1. The van der Waals surface area contributed by atoms with Crippen LogP contribution in [-0.2, 0) is 32.3 Å². The maximum atomic E-state index is 2.62. The van der Waals surface area contributed by atoms with Gasteiger partial charge in [-0.2, -0.15) is 29.3 Å². The number of hydrogen-bond donors (Lipinski definition) is 0. The Balaban J connectivity index is 0.000000542. The van der Waals surface area contributed by atoms with Crippen molar-refractivity contribution in [1.29, 1.82) is 0 Å². The van der Waals surface area contributed by atoms with Crippen LogP contribution in [0.25, 0.3) is 5.57 Å². The molecule has 2 aromatic rings. The van der Waals surface area contributed by atoms with Crippen molar-refractivity contribution in [3.63, 3.8) is 0 Å². The van der Waals surface area contributed by atoms with E-state index in [0.717, 1.165) is 6.42 Å². The van der Waals surface area contributed by atoms with Gasteiger partial charge in [0, 0.05) is 0 Å². The third kappa shape index (κ3) is 4.26. The van der Waals surface area contributed by atoms with E-state index < -0.39 is 0 Å². The third-order valence-electron chi connectivity index (χ3n) is 11.3. The average Bonchev–Trinajstić information content (AvgIpc) is 3.50. The summed E-state index contributed by atoms with van der Waals surface area (Å²) in [6, 6.07) is 19.2. The van der Waals surface area contributed by atoms with E-state index in [9.17, 15) is 0 Å². The summed E-state index contributed by atoms with van der Waals surface area (Å²) in [4.78, 5) is 0. The predicted molar refractivity (Wildman–Crippen MR) is 146 cm³/mol. The molecule has 4 aliphatic rings. The molecular formula is C34H42Cl2Hf. The molecule has 196 valence electrons. The van der Waals surface area contributed by atoms with Crippen molar-refractivity contribution in [2.24, 2.45) is 27.6 Å². The zero-order valence-electron chi connectivity index (χ0n) is 23.8. The second-order valence-corrected chi connectivity index (χ2v) is 12.7. The van der Waals surface area contributed by atoms with Crippen LogP contribution in [0.2, 0.25) is 0 Å². The molecule has 0 nitrogen and oxygen atoms in total. The molecule has 0 radical (unpaired) electrons. The molecule has 0 aromatic heterocycles. The van der Waals surface area contributed by atoms with E-state index in [-0.39, 0.29) is 72.3 Å². The molecule has 2 atom stereocenters. The van der Waals surface area contributed by atoms with Gasteiger partial charge >= 0.3 is 25.8 Å². The molecule has 0 bridgehead atoms. The van der Waals surface area contributed by atoms with E-state index in [1.54, 1.807) is 28.2 Å². The normalized spacial score (nSPS) is 27.1. The summed E-state index contributed by atoms with van der Waals surface area (Å²) in [5, 5.41) is 0. The largest absolute Gasteiger partial charge is 4.00 e. The second-order valence-electron chi connectivity index (χ2n) is 12.7. The van der Waals surface area contributed by atoms with Crippen LogP contribution >= 0.6 is 0 Å². The standard InChI is InChI=1S/C29H37.C5H5.2ClH.Hf/c1-18-25-22-17-19-13-9-10-14-20(19)24(22)21-15-11-12-16-23(21)29(25,8)28(6,7)27(4,5)26(18,2)3;1-2-4-5-3-1;;;/h9-11,13-15,23H,12,16-17H2,1-8H3;1-5H;2*1H;/q2*-1;;;+4/p-2. The Morgan fingerprint density at radius 1 is 0.865 bits per heavy atom. The molecule has 6 rings (SSSR count). The molecule has 0 heterocycles. The van der Waals surface area contributed by atoms with E-state index in [1.807, 2.05) is 30.3 Å². The van der Waals surface area contributed by atoms with Crippen LogP contribution in [0.15, 0.2) is 83.5 Å². The number of halogens is 2. The summed E-state index contributed by atoms with van der Waals surface area (Å²) in [5.74, 6) is 2.24. The molecule has 2 unspecified atom stereocenters. The van der Waals surface area contributed by atoms with Gasteiger partial charge in [0.25, 0.3) is 0 Å². The Kier molecular flexibility index (Phi) is 9.56.